The fourth-order valence-electron chi connectivity index (χ4n) is 2.81. The number of para-hydroxylation sites is 1. The maximum absolute atomic E-state index is 12.0. The first-order valence-corrected chi connectivity index (χ1v) is 6.57. The maximum Gasteiger partial charge on any atom is 0.318 e. The molecule has 2 fully saturated rings. The Bertz CT molecular complexity index is 632. The Morgan fingerprint density at radius 2 is 2.11 bits per heavy atom. The standard InChI is InChI=1S/C14H15N3O2/c18-14-16-12(7-17(14)9-5-15-6-9)11-8-19-13-4-2-1-3-10(11)13/h1-4,8-9,12,15H,5-7H2,(H,16,18). The molecule has 98 valence electrons. The van der Waals surface area contributed by atoms with Gasteiger partial charge >= 0.3 is 6.03 Å². The van der Waals surface area contributed by atoms with E-state index >= 15 is 0 Å². The van der Waals surface area contributed by atoms with Gasteiger partial charge in [0, 0.05) is 30.6 Å². The predicted octanol–water partition coefficient (Wildman–Crippen LogP) is 1.47. The Morgan fingerprint density at radius 1 is 1.26 bits per heavy atom. The lowest BCUT2D eigenvalue weighted by molar-refractivity contribution is 0.172. The lowest BCUT2D eigenvalue weighted by Crippen LogP contribution is -2.57. The molecule has 1 unspecified atom stereocenters. The van der Waals surface area contributed by atoms with E-state index in [1.165, 1.54) is 0 Å². The average Bonchev–Trinajstić information content (AvgIpc) is 2.92. The van der Waals surface area contributed by atoms with E-state index in [0.717, 1.165) is 29.6 Å². The molecule has 0 spiro atoms. The molecule has 0 radical (unpaired) electrons. The number of carbonyl (C=O) groups excluding carboxylic acids is 1. The van der Waals surface area contributed by atoms with E-state index in [1.54, 1.807) is 6.26 Å². The van der Waals surface area contributed by atoms with Crippen molar-refractivity contribution in [1.29, 1.82) is 0 Å². The van der Waals surface area contributed by atoms with E-state index in [0.29, 0.717) is 12.6 Å². The van der Waals surface area contributed by atoms with Crippen LogP contribution in [0.25, 0.3) is 11.0 Å². The van der Waals surface area contributed by atoms with Gasteiger partial charge in [-0.15, -0.1) is 0 Å². The van der Waals surface area contributed by atoms with Gasteiger partial charge < -0.3 is 20.0 Å². The van der Waals surface area contributed by atoms with Crippen molar-refractivity contribution < 1.29 is 9.21 Å². The number of hydrogen-bond donors (Lipinski definition) is 2. The highest BCUT2D eigenvalue weighted by atomic mass is 16.3. The van der Waals surface area contributed by atoms with Gasteiger partial charge in [0.05, 0.1) is 18.3 Å². The van der Waals surface area contributed by atoms with E-state index in [-0.39, 0.29) is 12.1 Å². The molecule has 2 aliphatic heterocycles. The second kappa shape index (κ2) is 3.99. The number of benzene rings is 1. The second-order valence-corrected chi connectivity index (χ2v) is 5.15. The topological polar surface area (TPSA) is 57.5 Å². The quantitative estimate of drug-likeness (QED) is 0.856. The monoisotopic (exact) mass is 257 g/mol. The molecular weight excluding hydrogens is 242 g/mol. The van der Waals surface area contributed by atoms with Gasteiger partial charge in [-0.3, -0.25) is 0 Å². The Hall–Kier alpha value is -2.01. The van der Waals surface area contributed by atoms with Crippen molar-refractivity contribution in [3.8, 4) is 0 Å². The van der Waals surface area contributed by atoms with Gasteiger partial charge in [0.15, 0.2) is 0 Å². The summed E-state index contributed by atoms with van der Waals surface area (Å²) in [5, 5.41) is 7.33. The van der Waals surface area contributed by atoms with Gasteiger partial charge in [-0.1, -0.05) is 18.2 Å². The van der Waals surface area contributed by atoms with Gasteiger partial charge in [-0.2, -0.15) is 0 Å². The molecule has 5 heteroatoms. The van der Waals surface area contributed by atoms with Crippen molar-refractivity contribution in [2.24, 2.45) is 0 Å². The molecule has 1 aromatic heterocycles. The molecule has 1 aromatic carbocycles. The minimum Gasteiger partial charge on any atom is -0.464 e. The van der Waals surface area contributed by atoms with Crippen molar-refractivity contribution in [3.63, 3.8) is 0 Å². The fourth-order valence-corrected chi connectivity index (χ4v) is 2.81. The molecule has 1 atom stereocenters. The molecule has 2 saturated heterocycles. The molecule has 2 aliphatic rings. The molecule has 3 heterocycles. The summed E-state index contributed by atoms with van der Waals surface area (Å²) in [6, 6.07) is 8.32. The second-order valence-electron chi connectivity index (χ2n) is 5.15. The highest BCUT2D eigenvalue weighted by Gasteiger charge is 2.37. The van der Waals surface area contributed by atoms with E-state index in [9.17, 15) is 4.79 Å². The molecule has 2 aromatic rings. The van der Waals surface area contributed by atoms with Gasteiger partial charge in [-0.25, -0.2) is 4.79 Å². The first-order chi connectivity index (χ1) is 9.33. The number of nitrogens with zero attached hydrogens (tertiary/aromatic N) is 1. The summed E-state index contributed by atoms with van der Waals surface area (Å²) in [6.45, 7) is 2.51. The Kier molecular flexibility index (Phi) is 2.29. The molecular formula is C14H15N3O2. The Balaban J connectivity index is 1.64. The third kappa shape index (κ3) is 1.62. The predicted molar refractivity (Wildman–Crippen MR) is 70.9 cm³/mol. The van der Waals surface area contributed by atoms with Gasteiger partial charge in [0.1, 0.15) is 5.58 Å². The number of furan rings is 1. The lowest BCUT2D eigenvalue weighted by atomic mass is 10.1. The number of amides is 2. The molecule has 2 N–H and O–H groups in total. The number of nitrogens with one attached hydrogen (secondary N) is 2. The van der Waals surface area contributed by atoms with Crippen LogP contribution in [0.15, 0.2) is 34.9 Å². The molecule has 0 saturated carbocycles. The number of fused-ring (bicyclic) bond motifs is 1. The SMILES string of the molecule is O=C1NC(c2coc3ccccc23)CN1C1CNC1. The molecule has 19 heavy (non-hydrogen) atoms. The van der Waals surface area contributed by atoms with Gasteiger partial charge in [0.25, 0.3) is 0 Å². The zero-order valence-electron chi connectivity index (χ0n) is 10.4. The van der Waals surface area contributed by atoms with Crippen LogP contribution in [0.2, 0.25) is 0 Å². The highest BCUT2D eigenvalue weighted by molar-refractivity contribution is 5.84. The smallest absolute Gasteiger partial charge is 0.318 e. The molecule has 4 rings (SSSR count). The first-order valence-electron chi connectivity index (χ1n) is 6.57. The molecule has 0 aliphatic carbocycles. The van der Waals surface area contributed by atoms with Crippen molar-refractivity contribution >= 4 is 17.0 Å². The average molecular weight is 257 g/mol. The zero-order valence-corrected chi connectivity index (χ0v) is 10.4. The van der Waals surface area contributed by atoms with E-state index in [4.69, 9.17) is 4.42 Å². The highest BCUT2D eigenvalue weighted by Crippen LogP contribution is 2.30. The van der Waals surface area contributed by atoms with Crippen LogP contribution < -0.4 is 10.6 Å². The van der Waals surface area contributed by atoms with Crippen molar-refractivity contribution in [3.05, 3.63) is 36.1 Å². The van der Waals surface area contributed by atoms with Crippen LogP contribution in [0.3, 0.4) is 0 Å². The number of carbonyl (C=O) groups is 1. The van der Waals surface area contributed by atoms with Gasteiger partial charge in [-0.05, 0) is 6.07 Å². The van der Waals surface area contributed by atoms with Gasteiger partial charge in [0.2, 0.25) is 0 Å². The Morgan fingerprint density at radius 3 is 2.89 bits per heavy atom. The zero-order chi connectivity index (χ0) is 12.8. The van der Waals surface area contributed by atoms with E-state index in [2.05, 4.69) is 10.6 Å². The normalized spacial score (nSPS) is 23.7. The number of rotatable bonds is 2. The summed E-state index contributed by atoms with van der Waals surface area (Å²) in [5.74, 6) is 0. The maximum atomic E-state index is 12.0. The summed E-state index contributed by atoms with van der Waals surface area (Å²) < 4.78 is 5.55. The van der Waals surface area contributed by atoms with Crippen LogP contribution >= 0.6 is 0 Å². The minimum atomic E-state index is 0.0248. The first kappa shape index (κ1) is 10.9. The van der Waals surface area contributed by atoms with Crippen LogP contribution in [0.5, 0.6) is 0 Å². The van der Waals surface area contributed by atoms with Crippen LogP contribution in [-0.2, 0) is 0 Å². The summed E-state index contributed by atoms with van der Waals surface area (Å²) in [4.78, 5) is 13.9. The van der Waals surface area contributed by atoms with Crippen LogP contribution in [0.4, 0.5) is 4.79 Å². The van der Waals surface area contributed by atoms with Crippen LogP contribution in [0, 0.1) is 0 Å². The molecule has 2 amide bonds. The number of hydrogen-bond acceptors (Lipinski definition) is 3. The third-order valence-electron chi connectivity index (χ3n) is 4.02. The van der Waals surface area contributed by atoms with Crippen molar-refractivity contribution in [2.75, 3.05) is 19.6 Å². The van der Waals surface area contributed by atoms with Crippen molar-refractivity contribution in [1.82, 2.24) is 15.5 Å². The summed E-state index contributed by atoms with van der Waals surface area (Å²) in [6.07, 6.45) is 1.76. The lowest BCUT2D eigenvalue weighted by Gasteiger charge is -2.34. The Labute approximate surface area is 110 Å². The summed E-state index contributed by atoms with van der Waals surface area (Å²) in [5.41, 5.74) is 1.94. The van der Waals surface area contributed by atoms with Crippen LogP contribution in [0.1, 0.15) is 11.6 Å². The van der Waals surface area contributed by atoms with E-state index < -0.39 is 0 Å². The molecule has 0 bridgehead atoms. The van der Waals surface area contributed by atoms with Crippen molar-refractivity contribution in [2.45, 2.75) is 12.1 Å². The molecule has 5 nitrogen and oxygen atoms in total. The minimum absolute atomic E-state index is 0.0248. The fraction of sp³-hybridized carbons (Fsp3) is 0.357. The largest absolute Gasteiger partial charge is 0.464 e. The van der Waals surface area contributed by atoms with E-state index in [1.807, 2.05) is 29.2 Å². The number of urea groups is 1. The third-order valence-corrected chi connectivity index (χ3v) is 4.02. The summed E-state index contributed by atoms with van der Waals surface area (Å²) in [7, 11) is 0. The van der Waals surface area contributed by atoms with Crippen LogP contribution in [-0.4, -0.2) is 36.6 Å². The summed E-state index contributed by atoms with van der Waals surface area (Å²) >= 11 is 0.